The summed E-state index contributed by atoms with van der Waals surface area (Å²) in [6.07, 6.45) is 7.32. The number of nitrogens with zero attached hydrogens (tertiary/aromatic N) is 2. The molecule has 4 nitrogen and oxygen atoms in total. The van der Waals surface area contributed by atoms with E-state index in [4.69, 9.17) is 0 Å². The quantitative estimate of drug-likeness (QED) is 0.737. The lowest BCUT2D eigenvalue weighted by Crippen LogP contribution is -2.03. The summed E-state index contributed by atoms with van der Waals surface area (Å²) in [6.45, 7) is 3.00. The predicted molar refractivity (Wildman–Crippen MR) is 80.1 cm³/mol. The normalized spacial score (nSPS) is 11.1. The molecule has 20 heavy (non-hydrogen) atoms. The molecule has 0 bridgehead atoms. The van der Waals surface area contributed by atoms with Gasteiger partial charge in [0.2, 0.25) is 0 Å². The number of aromatic nitrogens is 2. The second-order valence-electron chi connectivity index (χ2n) is 5.16. The Morgan fingerprint density at radius 1 is 1.15 bits per heavy atom. The van der Waals surface area contributed by atoms with Crippen molar-refractivity contribution < 1.29 is 9.90 Å². The fraction of sp³-hybridized carbons (Fsp3) is 0.500. The van der Waals surface area contributed by atoms with Crippen LogP contribution in [0.1, 0.15) is 55.9 Å². The van der Waals surface area contributed by atoms with E-state index in [1.807, 2.05) is 28.9 Å². The molecule has 0 radical (unpaired) electrons. The van der Waals surface area contributed by atoms with Crippen LogP contribution in [-0.2, 0) is 6.54 Å². The second-order valence-corrected chi connectivity index (χ2v) is 5.16. The van der Waals surface area contributed by atoms with E-state index in [0.29, 0.717) is 0 Å². The van der Waals surface area contributed by atoms with Crippen LogP contribution in [0.5, 0.6) is 0 Å². The van der Waals surface area contributed by atoms with Gasteiger partial charge in [0.05, 0.1) is 5.52 Å². The van der Waals surface area contributed by atoms with Crippen molar-refractivity contribution in [1.82, 2.24) is 9.78 Å². The average Bonchev–Trinajstić information content (AvgIpc) is 2.82. The van der Waals surface area contributed by atoms with Gasteiger partial charge in [-0.2, -0.15) is 5.10 Å². The molecule has 2 rings (SSSR count). The molecule has 2 aromatic rings. The molecule has 0 unspecified atom stereocenters. The van der Waals surface area contributed by atoms with Gasteiger partial charge in [0.25, 0.3) is 0 Å². The molecular formula is C16H22N2O2. The first-order valence-electron chi connectivity index (χ1n) is 7.43. The molecule has 0 amide bonds. The van der Waals surface area contributed by atoms with E-state index >= 15 is 0 Å². The van der Waals surface area contributed by atoms with Crippen molar-refractivity contribution in [2.75, 3.05) is 0 Å². The van der Waals surface area contributed by atoms with Gasteiger partial charge < -0.3 is 5.11 Å². The van der Waals surface area contributed by atoms with E-state index in [1.54, 1.807) is 0 Å². The van der Waals surface area contributed by atoms with Crippen molar-refractivity contribution in [1.29, 1.82) is 0 Å². The van der Waals surface area contributed by atoms with Crippen molar-refractivity contribution in [3.8, 4) is 0 Å². The maximum atomic E-state index is 11.2. The molecule has 0 saturated heterocycles. The summed E-state index contributed by atoms with van der Waals surface area (Å²) in [5, 5.41) is 14.2. The summed E-state index contributed by atoms with van der Waals surface area (Å²) in [6, 6.07) is 7.54. The van der Waals surface area contributed by atoms with Gasteiger partial charge in [0.15, 0.2) is 5.69 Å². The van der Waals surface area contributed by atoms with Crippen molar-refractivity contribution in [2.45, 2.75) is 52.0 Å². The van der Waals surface area contributed by atoms with E-state index in [9.17, 15) is 9.90 Å². The highest BCUT2D eigenvalue weighted by Gasteiger charge is 2.15. The summed E-state index contributed by atoms with van der Waals surface area (Å²) >= 11 is 0. The van der Waals surface area contributed by atoms with Crippen molar-refractivity contribution in [3.05, 3.63) is 30.0 Å². The number of rotatable bonds is 8. The zero-order valence-corrected chi connectivity index (χ0v) is 12.0. The van der Waals surface area contributed by atoms with Crippen LogP contribution in [0.15, 0.2) is 24.3 Å². The minimum atomic E-state index is -0.956. The highest BCUT2D eigenvalue weighted by atomic mass is 16.4. The molecule has 0 spiro atoms. The van der Waals surface area contributed by atoms with Gasteiger partial charge in [-0.15, -0.1) is 0 Å². The number of carboxylic acids is 1. The monoisotopic (exact) mass is 274 g/mol. The summed E-state index contributed by atoms with van der Waals surface area (Å²) in [4.78, 5) is 11.2. The Balaban J connectivity index is 2.01. The maximum Gasteiger partial charge on any atom is 0.357 e. The number of unbranched alkanes of at least 4 members (excludes halogenated alkanes) is 5. The first-order chi connectivity index (χ1) is 9.74. The lowest BCUT2D eigenvalue weighted by atomic mass is 10.1. The first-order valence-corrected chi connectivity index (χ1v) is 7.43. The number of benzene rings is 1. The largest absolute Gasteiger partial charge is 0.476 e. The Morgan fingerprint density at radius 3 is 2.60 bits per heavy atom. The number of hydrogen-bond donors (Lipinski definition) is 1. The molecule has 1 heterocycles. The standard InChI is InChI=1S/C16H22N2O2/c1-2-3-4-5-6-9-12-18-14-11-8-7-10-13(14)15(17-18)16(19)20/h7-8,10-11H,2-6,9,12H2,1H3,(H,19,20). The van der Waals surface area contributed by atoms with Gasteiger partial charge in [-0.05, 0) is 12.5 Å². The number of carboxylic acid groups (broad SMARTS) is 1. The van der Waals surface area contributed by atoms with E-state index in [-0.39, 0.29) is 5.69 Å². The third kappa shape index (κ3) is 3.38. The number of carbonyl (C=O) groups is 1. The van der Waals surface area contributed by atoms with Crippen LogP contribution < -0.4 is 0 Å². The number of aromatic carboxylic acids is 1. The minimum absolute atomic E-state index is 0.159. The van der Waals surface area contributed by atoms with Gasteiger partial charge in [-0.25, -0.2) is 4.79 Å². The van der Waals surface area contributed by atoms with E-state index in [2.05, 4.69) is 12.0 Å². The van der Waals surface area contributed by atoms with Crippen LogP contribution in [0.2, 0.25) is 0 Å². The molecule has 4 heteroatoms. The summed E-state index contributed by atoms with van der Waals surface area (Å²) in [7, 11) is 0. The summed E-state index contributed by atoms with van der Waals surface area (Å²) < 4.78 is 1.83. The summed E-state index contributed by atoms with van der Waals surface area (Å²) in [5.41, 5.74) is 1.07. The lowest BCUT2D eigenvalue weighted by molar-refractivity contribution is 0.0691. The minimum Gasteiger partial charge on any atom is -0.476 e. The molecule has 1 N–H and O–H groups in total. The Kier molecular flexibility index (Phi) is 5.16. The predicted octanol–water partition coefficient (Wildman–Crippen LogP) is 4.10. The fourth-order valence-corrected chi connectivity index (χ4v) is 2.50. The zero-order chi connectivity index (χ0) is 14.4. The molecule has 0 aliphatic heterocycles. The molecule has 0 saturated carbocycles. The molecule has 108 valence electrons. The number of fused-ring (bicyclic) bond motifs is 1. The van der Waals surface area contributed by atoms with Crippen LogP contribution in [0.25, 0.3) is 10.9 Å². The second kappa shape index (κ2) is 7.08. The molecule has 0 atom stereocenters. The topological polar surface area (TPSA) is 55.1 Å². The highest BCUT2D eigenvalue weighted by Crippen LogP contribution is 2.19. The van der Waals surface area contributed by atoms with Gasteiger partial charge in [-0.1, -0.05) is 57.2 Å². The summed E-state index contributed by atoms with van der Waals surface area (Å²) in [5.74, 6) is -0.956. The van der Waals surface area contributed by atoms with E-state index in [0.717, 1.165) is 23.9 Å². The third-order valence-corrected chi connectivity index (χ3v) is 3.58. The molecule has 1 aromatic heterocycles. The Bertz CT molecular complexity index is 575. The SMILES string of the molecule is CCCCCCCCn1nc(C(=O)O)c2ccccc21. The molecule has 0 fully saturated rings. The van der Waals surface area contributed by atoms with Gasteiger partial charge in [0, 0.05) is 11.9 Å². The van der Waals surface area contributed by atoms with Gasteiger partial charge >= 0.3 is 5.97 Å². The number of hydrogen-bond acceptors (Lipinski definition) is 2. The van der Waals surface area contributed by atoms with E-state index in [1.165, 1.54) is 32.1 Å². The van der Waals surface area contributed by atoms with E-state index < -0.39 is 5.97 Å². The molecular weight excluding hydrogens is 252 g/mol. The lowest BCUT2D eigenvalue weighted by Gasteiger charge is -2.03. The highest BCUT2D eigenvalue weighted by molar-refractivity contribution is 6.01. The van der Waals surface area contributed by atoms with Crippen LogP contribution in [-0.4, -0.2) is 20.9 Å². The molecule has 1 aromatic carbocycles. The van der Waals surface area contributed by atoms with Crippen LogP contribution in [0, 0.1) is 0 Å². The Labute approximate surface area is 119 Å². The van der Waals surface area contributed by atoms with Crippen LogP contribution in [0.3, 0.4) is 0 Å². The molecule has 0 aliphatic carbocycles. The first kappa shape index (κ1) is 14.6. The van der Waals surface area contributed by atoms with Crippen molar-refractivity contribution >= 4 is 16.9 Å². The third-order valence-electron chi connectivity index (χ3n) is 3.58. The zero-order valence-electron chi connectivity index (χ0n) is 12.0. The van der Waals surface area contributed by atoms with Crippen molar-refractivity contribution in [2.24, 2.45) is 0 Å². The van der Waals surface area contributed by atoms with Crippen molar-refractivity contribution in [3.63, 3.8) is 0 Å². The maximum absolute atomic E-state index is 11.2. The van der Waals surface area contributed by atoms with Crippen LogP contribution in [0.4, 0.5) is 0 Å². The van der Waals surface area contributed by atoms with Gasteiger partial charge in [0.1, 0.15) is 0 Å². The Morgan fingerprint density at radius 2 is 1.85 bits per heavy atom. The number of aryl methyl sites for hydroxylation is 1. The molecule has 0 aliphatic rings. The number of para-hydroxylation sites is 1. The average molecular weight is 274 g/mol. The fourth-order valence-electron chi connectivity index (χ4n) is 2.50. The van der Waals surface area contributed by atoms with Crippen LogP contribution >= 0.6 is 0 Å². The van der Waals surface area contributed by atoms with Gasteiger partial charge in [-0.3, -0.25) is 4.68 Å². The smallest absolute Gasteiger partial charge is 0.357 e. The Hall–Kier alpha value is -1.84.